The zero-order valence-corrected chi connectivity index (χ0v) is 14.3. The third kappa shape index (κ3) is 3.75. The van der Waals surface area contributed by atoms with Crippen molar-refractivity contribution < 1.29 is 9.53 Å². The Morgan fingerprint density at radius 1 is 1.39 bits per heavy atom. The first-order chi connectivity index (χ1) is 11.2. The molecule has 0 N–H and O–H groups in total. The van der Waals surface area contributed by atoms with Gasteiger partial charge in [-0.2, -0.15) is 5.10 Å². The van der Waals surface area contributed by atoms with E-state index in [9.17, 15) is 4.79 Å². The number of rotatable bonds is 5. The highest BCUT2D eigenvalue weighted by molar-refractivity contribution is 5.76. The number of piperazine rings is 1. The number of amides is 1. The van der Waals surface area contributed by atoms with Crippen LogP contribution < -0.4 is 0 Å². The fourth-order valence-electron chi connectivity index (χ4n) is 3.78. The van der Waals surface area contributed by atoms with E-state index in [4.69, 9.17) is 4.74 Å². The van der Waals surface area contributed by atoms with Gasteiger partial charge in [0.25, 0.3) is 0 Å². The summed E-state index contributed by atoms with van der Waals surface area (Å²) in [6.07, 6.45) is 5.47. The highest BCUT2D eigenvalue weighted by Crippen LogP contribution is 2.22. The molecule has 2 saturated heterocycles. The number of aromatic nitrogens is 2. The predicted molar refractivity (Wildman–Crippen MR) is 88.1 cm³/mol. The van der Waals surface area contributed by atoms with Crippen LogP contribution in [0.15, 0.2) is 12.3 Å². The average Bonchev–Trinajstić information content (AvgIpc) is 2.98. The second-order valence-corrected chi connectivity index (χ2v) is 6.66. The molecule has 0 bridgehead atoms. The van der Waals surface area contributed by atoms with Crippen molar-refractivity contribution in [2.24, 2.45) is 7.05 Å². The molecule has 2 fully saturated rings. The number of morpholine rings is 1. The molecule has 1 amide bonds. The predicted octanol–water partition coefficient (Wildman–Crippen LogP) is 1.06. The lowest BCUT2D eigenvalue weighted by Gasteiger charge is -2.48. The van der Waals surface area contributed by atoms with Crippen molar-refractivity contribution in [3.8, 4) is 0 Å². The first-order valence-corrected chi connectivity index (χ1v) is 8.77. The van der Waals surface area contributed by atoms with Crippen molar-refractivity contribution in [2.45, 2.75) is 44.7 Å². The molecule has 0 radical (unpaired) electrons. The summed E-state index contributed by atoms with van der Waals surface area (Å²) in [7, 11) is 1.92. The first-order valence-electron chi connectivity index (χ1n) is 8.77. The van der Waals surface area contributed by atoms with Gasteiger partial charge in [-0.05, 0) is 18.9 Å². The van der Waals surface area contributed by atoms with E-state index >= 15 is 0 Å². The van der Waals surface area contributed by atoms with Crippen LogP contribution in [0.25, 0.3) is 0 Å². The summed E-state index contributed by atoms with van der Waals surface area (Å²) in [4.78, 5) is 17.1. The molecule has 128 valence electrons. The Bertz CT molecular complexity index is 528. The van der Waals surface area contributed by atoms with Crippen LogP contribution >= 0.6 is 0 Å². The number of nitrogens with zero attached hydrogens (tertiary/aromatic N) is 4. The number of carbonyl (C=O) groups is 1. The quantitative estimate of drug-likeness (QED) is 0.814. The van der Waals surface area contributed by atoms with Gasteiger partial charge < -0.3 is 9.64 Å². The van der Waals surface area contributed by atoms with E-state index in [0.717, 1.165) is 45.0 Å². The van der Waals surface area contributed by atoms with Crippen LogP contribution in [-0.4, -0.2) is 70.4 Å². The van der Waals surface area contributed by atoms with Gasteiger partial charge in [-0.3, -0.25) is 14.4 Å². The zero-order chi connectivity index (χ0) is 16.2. The van der Waals surface area contributed by atoms with Gasteiger partial charge in [-0.1, -0.05) is 13.3 Å². The monoisotopic (exact) mass is 320 g/mol. The molecule has 0 aromatic carbocycles. The van der Waals surface area contributed by atoms with Crippen LogP contribution in [0, 0.1) is 0 Å². The topological polar surface area (TPSA) is 50.6 Å². The molecule has 6 heteroatoms. The summed E-state index contributed by atoms with van der Waals surface area (Å²) < 4.78 is 7.62. The molecule has 1 aromatic rings. The molecule has 0 unspecified atom stereocenters. The van der Waals surface area contributed by atoms with E-state index in [2.05, 4.69) is 16.9 Å². The van der Waals surface area contributed by atoms with E-state index < -0.39 is 0 Å². The van der Waals surface area contributed by atoms with E-state index in [0.29, 0.717) is 18.5 Å². The minimum absolute atomic E-state index is 0.253. The van der Waals surface area contributed by atoms with Crippen LogP contribution in [0.4, 0.5) is 0 Å². The summed E-state index contributed by atoms with van der Waals surface area (Å²) in [5, 5.41) is 4.16. The summed E-state index contributed by atoms with van der Waals surface area (Å²) in [6, 6.07) is 2.88. The molecule has 2 aliphatic heterocycles. The minimum atomic E-state index is 0.253. The SMILES string of the molecule is CCC[C@H]1COC[C@H]2CN(C(=O)CCc3ccnn3C)CCN12. The van der Waals surface area contributed by atoms with Crippen molar-refractivity contribution in [2.75, 3.05) is 32.8 Å². The van der Waals surface area contributed by atoms with Gasteiger partial charge in [0.05, 0.1) is 19.3 Å². The lowest BCUT2D eigenvalue weighted by Crippen LogP contribution is -2.62. The molecule has 6 nitrogen and oxygen atoms in total. The maximum atomic E-state index is 12.5. The maximum Gasteiger partial charge on any atom is 0.223 e. The Balaban J connectivity index is 1.52. The van der Waals surface area contributed by atoms with E-state index in [1.54, 1.807) is 6.20 Å². The largest absolute Gasteiger partial charge is 0.378 e. The van der Waals surface area contributed by atoms with Crippen LogP contribution in [0.2, 0.25) is 0 Å². The highest BCUT2D eigenvalue weighted by atomic mass is 16.5. The average molecular weight is 320 g/mol. The van der Waals surface area contributed by atoms with Crippen molar-refractivity contribution >= 4 is 5.91 Å². The molecule has 23 heavy (non-hydrogen) atoms. The molecule has 3 heterocycles. The second kappa shape index (κ2) is 7.45. The van der Waals surface area contributed by atoms with Crippen LogP contribution in [0.1, 0.15) is 31.9 Å². The summed E-state index contributed by atoms with van der Waals surface area (Å²) in [5.74, 6) is 0.253. The number of ether oxygens (including phenoxy) is 1. The molecule has 0 spiro atoms. The number of aryl methyl sites for hydroxylation is 2. The molecular formula is C17H28N4O2. The van der Waals surface area contributed by atoms with Gasteiger partial charge in [0.1, 0.15) is 0 Å². The Labute approximate surface area is 138 Å². The second-order valence-electron chi connectivity index (χ2n) is 6.66. The summed E-state index contributed by atoms with van der Waals surface area (Å²) in [6.45, 7) is 6.47. The van der Waals surface area contributed by atoms with Gasteiger partial charge in [0.2, 0.25) is 5.91 Å². The maximum absolute atomic E-state index is 12.5. The summed E-state index contributed by atoms with van der Waals surface area (Å²) >= 11 is 0. The molecule has 3 rings (SSSR count). The Kier molecular flexibility index (Phi) is 5.33. The van der Waals surface area contributed by atoms with Crippen LogP contribution in [0.3, 0.4) is 0 Å². The van der Waals surface area contributed by atoms with E-state index in [1.165, 1.54) is 12.8 Å². The normalized spacial score (nSPS) is 25.4. The fourth-order valence-corrected chi connectivity index (χ4v) is 3.78. The first kappa shape index (κ1) is 16.5. The molecule has 2 aliphatic rings. The third-order valence-electron chi connectivity index (χ3n) is 5.11. The Morgan fingerprint density at radius 2 is 2.26 bits per heavy atom. The summed E-state index contributed by atoms with van der Waals surface area (Å²) in [5.41, 5.74) is 1.11. The van der Waals surface area contributed by atoms with Gasteiger partial charge >= 0.3 is 0 Å². The smallest absolute Gasteiger partial charge is 0.223 e. The lowest BCUT2D eigenvalue weighted by atomic mass is 10.0. The van der Waals surface area contributed by atoms with Crippen molar-refractivity contribution in [3.63, 3.8) is 0 Å². The molecule has 0 saturated carbocycles. The number of hydrogen-bond donors (Lipinski definition) is 0. The van der Waals surface area contributed by atoms with Crippen LogP contribution in [-0.2, 0) is 23.0 Å². The number of fused-ring (bicyclic) bond motifs is 1. The van der Waals surface area contributed by atoms with Crippen LogP contribution in [0.5, 0.6) is 0 Å². The van der Waals surface area contributed by atoms with Crippen molar-refractivity contribution in [3.05, 3.63) is 18.0 Å². The van der Waals surface area contributed by atoms with Crippen molar-refractivity contribution in [1.29, 1.82) is 0 Å². The number of carbonyl (C=O) groups excluding carboxylic acids is 1. The van der Waals surface area contributed by atoms with Gasteiger partial charge in [0.15, 0.2) is 0 Å². The van der Waals surface area contributed by atoms with Gasteiger partial charge in [0, 0.05) is 51.0 Å². The minimum Gasteiger partial charge on any atom is -0.378 e. The molecular weight excluding hydrogens is 292 g/mol. The highest BCUT2D eigenvalue weighted by Gasteiger charge is 2.36. The van der Waals surface area contributed by atoms with E-state index in [-0.39, 0.29) is 5.91 Å². The molecule has 2 atom stereocenters. The zero-order valence-electron chi connectivity index (χ0n) is 14.3. The van der Waals surface area contributed by atoms with E-state index in [1.807, 2.05) is 22.7 Å². The Hall–Kier alpha value is -1.40. The van der Waals surface area contributed by atoms with Gasteiger partial charge in [-0.15, -0.1) is 0 Å². The number of hydrogen-bond acceptors (Lipinski definition) is 4. The fraction of sp³-hybridized carbons (Fsp3) is 0.765. The third-order valence-corrected chi connectivity index (χ3v) is 5.11. The molecule has 1 aromatic heterocycles. The standard InChI is InChI=1S/C17H28N4O2/c1-3-4-15-12-23-13-16-11-20(9-10-21(15)16)17(22)6-5-14-7-8-18-19(14)2/h7-8,15-16H,3-6,9-13H2,1-2H3/t15-,16+/m0/s1. The van der Waals surface area contributed by atoms with Gasteiger partial charge in [-0.25, -0.2) is 0 Å². The lowest BCUT2D eigenvalue weighted by molar-refractivity contribution is -0.140. The van der Waals surface area contributed by atoms with Crippen molar-refractivity contribution in [1.82, 2.24) is 19.6 Å². The Morgan fingerprint density at radius 3 is 3.00 bits per heavy atom. The molecule has 0 aliphatic carbocycles.